The van der Waals surface area contributed by atoms with Crippen LogP contribution in [0.25, 0.3) is 0 Å². The fraction of sp³-hybridized carbons (Fsp3) is 0.368. The van der Waals surface area contributed by atoms with Crippen molar-refractivity contribution in [1.29, 1.82) is 0 Å². The van der Waals surface area contributed by atoms with Gasteiger partial charge in [-0.3, -0.25) is 0 Å². The normalized spacial score (nSPS) is 18.4. The predicted octanol–water partition coefficient (Wildman–Crippen LogP) is 4.08. The van der Waals surface area contributed by atoms with Gasteiger partial charge in [0.25, 0.3) is 0 Å². The number of fused-ring (bicyclic) bond motifs is 1. The van der Waals surface area contributed by atoms with Crippen molar-refractivity contribution in [2.45, 2.75) is 38.7 Å². The van der Waals surface area contributed by atoms with Crippen LogP contribution in [-0.2, 0) is 6.42 Å². The molecule has 0 fully saturated rings. The highest BCUT2D eigenvalue weighted by Gasteiger charge is 2.31. The van der Waals surface area contributed by atoms with E-state index in [9.17, 15) is 5.11 Å². The molecule has 3 rings (SSSR count). The van der Waals surface area contributed by atoms with Gasteiger partial charge in [0, 0.05) is 11.5 Å². The SMILES string of the molecule is COc1cc(C)cc(C)c1C(O)C1CCc2ccccc21. The van der Waals surface area contributed by atoms with Crippen LogP contribution in [0.3, 0.4) is 0 Å². The van der Waals surface area contributed by atoms with Crippen LogP contribution in [0.4, 0.5) is 0 Å². The Morgan fingerprint density at radius 1 is 1.19 bits per heavy atom. The van der Waals surface area contributed by atoms with Crippen molar-refractivity contribution in [3.05, 3.63) is 64.2 Å². The Morgan fingerprint density at radius 3 is 2.71 bits per heavy atom. The van der Waals surface area contributed by atoms with Crippen LogP contribution < -0.4 is 4.74 Å². The summed E-state index contributed by atoms with van der Waals surface area (Å²) >= 11 is 0. The number of ether oxygens (including phenoxy) is 1. The minimum Gasteiger partial charge on any atom is -0.496 e. The van der Waals surface area contributed by atoms with Crippen LogP contribution in [0.1, 0.15) is 46.3 Å². The molecule has 0 aromatic heterocycles. The van der Waals surface area contributed by atoms with Gasteiger partial charge in [-0.25, -0.2) is 0 Å². The van der Waals surface area contributed by atoms with Crippen molar-refractivity contribution in [2.75, 3.05) is 7.11 Å². The Morgan fingerprint density at radius 2 is 1.95 bits per heavy atom. The van der Waals surface area contributed by atoms with Gasteiger partial charge < -0.3 is 9.84 Å². The van der Waals surface area contributed by atoms with E-state index >= 15 is 0 Å². The lowest BCUT2D eigenvalue weighted by Gasteiger charge is -2.24. The van der Waals surface area contributed by atoms with Gasteiger partial charge in [-0.1, -0.05) is 30.3 Å². The molecule has 0 bridgehead atoms. The zero-order valence-corrected chi connectivity index (χ0v) is 12.9. The van der Waals surface area contributed by atoms with E-state index in [0.29, 0.717) is 0 Å². The van der Waals surface area contributed by atoms with E-state index in [0.717, 1.165) is 35.3 Å². The number of aliphatic hydroxyl groups excluding tert-OH is 1. The van der Waals surface area contributed by atoms with E-state index in [2.05, 4.69) is 44.2 Å². The Bertz CT molecular complexity index is 661. The average molecular weight is 282 g/mol. The molecule has 2 unspecified atom stereocenters. The topological polar surface area (TPSA) is 29.5 Å². The van der Waals surface area contributed by atoms with E-state index in [1.165, 1.54) is 11.1 Å². The first-order chi connectivity index (χ1) is 10.1. The molecule has 2 aromatic rings. The molecular weight excluding hydrogens is 260 g/mol. The molecule has 2 nitrogen and oxygen atoms in total. The second kappa shape index (κ2) is 5.53. The number of benzene rings is 2. The summed E-state index contributed by atoms with van der Waals surface area (Å²) in [5, 5.41) is 11.0. The summed E-state index contributed by atoms with van der Waals surface area (Å²) in [5.74, 6) is 0.959. The van der Waals surface area contributed by atoms with Gasteiger partial charge >= 0.3 is 0 Å². The average Bonchev–Trinajstić information content (AvgIpc) is 2.89. The Kier molecular flexibility index (Phi) is 3.73. The molecule has 0 spiro atoms. The number of methoxy groups -OCH3 is 1. The Hall–Kier alpha value is -1.80. The van der Waals surface area contributed by atoms with E-state index in [4.69, 9.17) is 4.74 Å². The van der Waals surface area contributed by atoms with Gasteiger partial charge in [0.05, 0.1) is 13.2 Å². The van der Waals surface area contributed by atoms with Gasteiger partial charge in [-0.2, -0.15) is 0 Å². The third-order valence-electron chi connectivity index (χ3n) is 4.57. The van der Waals surface area contributed by atoms with E-state index in [1.54, 1.807) is 7.11 Å². The third-order valence-corrected chi connectivity index (χ3v) is 4.57. The molecular formula is C19H22O2. The maximum absolute atomic E-state index is 11.0. The molecule has 0 saturated carbocycles. The molecule has 110 valence electrons. The van der Waals surface area contributed by atoms with Crippen molar-refractivity contribution >= 4 is 0 Å². The summed E-state index contributed by atoms with van der Waals surface area (Å²) in [7, 11) is 1.67. The molecule has 2 atom stereocenters. The molecule has 2 aromatic carbocycles. The van der Waals surface area contributed by atoms with Crippen LogP contribution in [0, 0.1) is 13.8 Å². The largest absolute Gasteiger partial charge is 0.496 e. The molecule has 0 heterocycles. The first-order valence-corrected chi connectivity index (χ1v) is 7.53. The fourth-order valence-electron chi connectivity index (χ4n) is 3.61. The molecule has 1 aliphatic carbocycles. The minimum atomic E-state index is -0.510. The van der Waals surface area contributed by atoms with Crippen LogP contribution in [0.15, 0.2) is 36.4 Å². The van der Waals surface area contributed by atoms with Crippen LogP contribution >= 0.6 is 0 Å². The first-order valence-electron chi connectivity index (χ1n) is 7.53. The third kappa shape index (κ3) is 2.44. The molecule has 2 heteroatoms. The number of rotatable bonds is 3. The zero-order chi connectivity index (χ0) is 15.0. The molecule has 21 heavy (non-hydrogen) atoms. The Balaban J connectivity index is 2.02. The monoisotopic (exact) mass is 282 g/mol. The molecule has 0 amide bonds. The van der Waals surface area contributed by atoms with Gasteiger partial charge in [-0.05, 0) is 55.0 Å². The summed E-state index contributed by atoms with van der Waals surface area (Å²) in [6, 6.07) is 12.6. The highest BCUT2D eigenvalue weighted by atomic mass is 16.5. The van der Waals surface area contributed by atoms with Gasteiger partial charge in [-0.15, -0.1) is 0 Å². The highest BCUT2D eigenvalue weighted by Crippen LogP contribution is 2.44. The van der Waals surface area contributed by atoms with Crippen molar-refractivity contribution in [3.63, 3.8) is 0 Å². The van der Waals surface area contributed by atoms with E-state index in [1.807, 2.05) is 6.07 Å². The minimum absolute atomic E-state index is 0.163. The highest BCUT2D eigenvalue weighted by molar-refractivity contribution is 5.47. The number of hydrogen-bond donors (Lipinski definition) is 1. The maximum atomic E-state index is 11.0. The predicted molar refractivity (Wildman–Crippen MR) is 84.9 cm³/mol. The molecule has 0 saturated heterocycles. The van der Waals surface area contributed by atoms with Crippen molar-refractivity contribution < 1.29 is 9.84 Å². The zero-order valence-electron chi connectivity index (χ0n) is 12.9. The van der Waals surface area contributed by atoms with Crippen molar-refractivity contribution in [3.8, 4) is 5.75 Å². The number of aliphatic hydroxyl groups is 1. The molecule has 1 aliphatic rings. The standard InChI is InChI=1S/C19H22O2/c1-12-10-13(2)18(17(11-12)21-3)19(20)16-9-8-14-6-4-5-7-15(14)16/h4-7,10-11,16,19-20H,8-9H2,1-3H3. The first kappa shape index (κ1) is 14.2. The summed E-state index contributed by atoms with van der Waals surface area (Å²) in [6.45, 7) is 4.10. The smallest absolute Gasteiger partial charge is 0.125 e. The summed E-state index contributed by atoms with van der Waals surface area (Å²) < 4.78 is 5.52. The lowest BCUT2D eigenvalue weighted by Crippen LogP contribution is -2.11. The van der Waals surface area contributed by atoms with E-state index in [-0.39, 0.29) is 5.92 Å². The number of aryl methyl sites for hydroxylation is 3. The second-order valence-electron chi connectivity index (χ2n) is 5.99. The van der Waals surface area contributed by atoms with E-state index < -0.39 is 6.10 Å². The second-order valence-corrected chi connectivity index (χ2v) is 5.99. The van der Waals surface area contributed by atoms with Crippen LogP contribution in [-0.4, -0.2) is 12.2 Å². The van der Waals surface area contributed by atoms with Crippen molar-refractivity contribution in [2.24, 2.45) is 0 Å². The summed E-state index contributed by atoms with van der Waals surface area (Å²) in [5.41, 5.74) is 5.85. The number of hydrogen-bond acceptors (Lipinski definition) is 2. The molecule has 1 N–H and O–H groups in total. The van der Waals surface area contributed by atoms with Gasteiger partial charge in [0.15, 0.2) is 0 Å². The fourth-order valence-corrected chi connectivity index (χ4v) is 3.61. The van der Waals surface area contributed by atoms with Crippen LogP contribution in [0.5, 0.6) is 5.75 Å². The van der Waals surface area contributed by atoms with Crippen LogP contribution in [0.2, 0.25) is 0 Å². The Labute approximate surface area is 126 Å². The lowest BCUT2D eigenvalue weighted by atomic mass is 9.87. The van der Waals surface area contributed by atoms with Gasteiger partial charge in [0.2, 0.25) is 0 Å². The van der Waals surface area contributed by atoms with Crippen molar-refractivity contribution in [1.82, 2.24) is 0 Å². The van der Waals surface area contributed by atoms with Gasteiger partial charge in [0.1, 0.15) is 5.75 Å². The quantitative estimate of drug-likeness (QED) is 0.919. The summed E-state index contributed by atoms with van der Waals surface area (Å²) in [4.78, 5) is 0. The summed E-state index contributed by atoms with van der Waals surface area (Å²) in [6.07, 6.45) is 1.53. The molecule has 0 aliphatic heterocycles. The lowest BCUT2D eigenvalue weighted by molar-refractivity contribution is 0.140. The maximum Gasteiger partial charge on any atom is 0.125 e. The molecule has 0 radical (unpaired) electrons.